The van der Waals surface area contributed by atoms with Crippen molar-refractivity contribution in [3.63, 3.8) is 0 Å². The van der Waals surface area contributed by atoms with E-state index in [4.69, 9.17) is 10.8 Å². The number of carboxylic acids is 1. The summed E-state index contributed by atoms with van der Waals surface area (Å²) in [7, 11) is 0. The Balaban J connectivity index is 2.19. The number of carboxylic acid groups (broad SMARTS) is 1. The Kier molecular flexibility index (Phi) is 4.35. The first-order valence-corrected chi connectivity index (χ1v) is 6.17. The van der Waals surface area contributed by atoms with E-state index in [0.29, 0.717) is 29.6 Å². The lowest BCUT2D eigenvalue weighted by atomic mass is 10.2. The minimum atomic E-state index is -0.973. The molecule has 0 saturated carbocycles. The number of anilines is 4. The molecule has 1 heterocycles. The van der Waals surface area contributed by atoms with Gasteiger partial charge in [0.05, 0.1) is 5.56 Å². The predicted molar refractivity (Wildman–Crippen MR) is 81.8 cm³/mol. The molecule has 0 saturated heterocycles. The van der Waals surface area contributed by atoms with Crippen LogP contribution in [0.3, 0.4) is 0 Å². The van der Waals surface area contributed by atoms with Gasteiger partial charge in [0.25, 0.3) is 0 Å². The summed E-state index contributed by atoms with van der Waals surface area (Å²) in [5.41, 5.74) is 7.24. The number of nitrogen functional groups attached to an aromatic ring is 1. The number of aromatic carboxylic acids is 1. The van der Waals surface area contributed by atoms with Gasteiger partial charge in [-0.15, -0.1) is 6.58 Å². The first-order valence-electron chi connectivity index (χ1n) is 6.17. The number of hydrogen-bond donors (Lipinski definition) is 4. The second-order valence-corrected chi connectivity index (χ2v) is 4.16. The van der Waals surface area contributed by atoms with Gasteiger partial charge in [0.1, 0.15) is 12.0 Å². The third kappa shape index (κ3) is 3.47. The fourth-order valence-electron chi connectivity index (χ4n) is 1.64. The van der Waals surface area contributed by atoms with Crippen LogP contribution in [0.25, 0.3) is 0 Å². The molecule has 21 heavy (non-hydrogen) atoms. The van der Waals surface area contributed by atoms with Crippen molar-refractivity contribution in [1.29, 1.82) is 0 Å². The van der Waals surface area contributed by atoms with Gasteiger partial charge in [-0.3, -0.25) is 0 Å². The Bertz CT molecular complexity index is 655. The SMILES string of the molecule is C=CCNc1ncnc(Nc2ccc(C(=O)O)cc2)c1N. The van der Waals surface area contributed by atoms with Crippen molar-refractivity contribution in [1.82, 2.24) is 9.97 Å². The van der Waals surface area contributed by atoms with E-state index in [2.05, 4.69) is 27.2 Å². The summed E-state index contributed by atoms with van der Waals surface area (Å²) in [5.74, 6) is -0.0202. The topological polar surface area (TPSA) is 113 Å². The third-order valence-corrected chi connectivity index (χ3v) is 2.69. The minimum absolute atomic E-state index is 0.213. The van der Waals surface area contributed by atoms with Crippen LogP contribution in [0.2, 0.25) is 0 Å². The second kappa shape index (κ2) is 6.38. The largest absolute Gasteiger partial charge is 0.478 e. The van der Waals surface area contributed by atoms with E-state index in [1.807, 2.05) is 0 Å². The Morgan fingerprint density at radius 1 is 1.29 bits per heavy atom. The number of hydrogen-bond acceptors (Lipinski definition) is 6. The summed E-state index contributed by atoms with van der Waals surface area (Å²) >= 11 is 0. The molecule has 0 atom stereocenters. The van der Waals surface area contributed by atoms with Crippen molar-refractivity contribution in [3.8, 4) is 0 Å². The maximum atomic E-state index is 10.8. The summed E-state index contributed by atoms with van der Waals surface area (Å²) in [4.78, 5) is 18.9. The number of rotatable bonds is 6. The molecule has 0 unspecified atom stereocenters. The average molecular weight is 285 g/mol. The molecule has 108 valence electrons. The molecule has 5 N–H and O–H groups in total. The number of carbonyl (C=O) groups is 1. The van der Waals surface area contributed by atoms with E-state index in [-0.39, 0.29) is 5.56 Å². The summed E-state index contributed by atoms with van der Waals surface area (Å²) in [6, 6.07) is 6.28. The van der Waals surface area contributed by atoms with E-state index in [0.717, 1.165) is 0 Å². The molecule has 7 nitrogen and oxygen atoms in total. The van der Waals surface area contributed by atoms with Crippen LogP contribution in [0.1, 0.15) is 10.4 Å². The highest BCUT2D eigenvalue weighted by Crippen LogP contribution is 2.25. The first-order chi connectivity index (χ1) is 10.1. The standard InChI is InChI=1S/C14H15N5O2/c1-2-7-16-12-11(15)13(18-8-17-12)19-10-5-3-9(4-6-10)14(20)21/h2-6,8H,1,7,15H2,(H,20,21)(H2,16,17,18,19). The van der Waals surface area contributed by atoms with Gasteiger partial charge in [-0.2, -0.15) is 0 Å². The van der Waals surface area contributed by atoms with Gasteiger partial charge in [0.2, 0.25) is 0 Å². The van der Waals surface area contributed by atoms with Gasteiger partial charge < -0.3 is 21.5 Å². The molecule has 1 aromatic carbocycles. The molecule has 2 aromatic rings. The zero-order valence-electron chi connectivity index (χ0n) is 11.2. The van der Waals surface area contributed by atoms with Crippen molar-refractivity contribution < 1.29 is 9.90 Å². The van der Waals surface area contributed by atoms with E-state index >= 15 is 0 Å². The molecule has 0 fully saturated rings. The molecule has 2 rings (SSSR count). The van der Waals surface area contributed by atoms with Crippen LogP contribution < -0.4 is 16.4 Å². The molecule has 7 heteroatoms. The average Bonchev–Trinajstić information content (AvgIpc) is 2.49. The van der Waals surface area contributed by atoms with Crippen LogP contribution >= 0.6 is 0 Å². The van der Waals surface area contributed by atoms with Crippen LogP contribution in [-0.2, 0) is 0 Å². The summed E-state index contributed by atoms with van der Waals surface area (Å²) in [6.45, 7) is 4.14. The Morgan fingerprint density at radius 2 is 1.95 bits per heavy atom. The van der Waals surface area contributed by atoms with Crippen LogP contribution in [0.15, 0.2) is 43.2 Å². The van der Waals surface area contributed by atoms with Crippen LogP contribution in [0.4, 0.5) is 23.0 Å². The van der Waals surface area contributed by atoms with Crippen LogP contribution in [-0.4, -0.2) is 27.6 Å². The van der Waals surface area contributed by atoms with E-state index in [9.17, 15) is 4.79 Å². The van der Waals surface area contributed by atoms with Crippen molar-refractivity contribution in [2.75, 3.05) is 22.9 Å². The maximum Gasteiger partial charge on any atom is 0.335 e. The number of nitrogens with two attached hydrogens (primary N) is 1. The molecular weight excluding hydrogens is 270 g/mol. The lowest BCUT2D eigenvalue weighted by Crippen LogP contribution is -2.08. The fourth-order valence-corrected chi connectivity index (χ4v) is 1.64. The van der Waals surface area contributed by atoms with Gasteiger partial charge in [0.15, 0.2) is 11.6 Å². The Morgan fingerprint density at radius 3 is 2.57 bits per heavy atom. The van der Waals surface area contributed by atoms with E-state index in [1.165, 1.54) is 18.5 Å². The van der Waals surface area contributed by atoms with E-state index < -0.39 is 5.97 Å². The Hall–Kier alpha value is -3.09. The molecular formula is C14H15N5O2. The highest BCUT2D eigenvalue weighted by molar-refractivity contribution is 5.88. The maximum absolute atomic E-state index is 10.8. The van der Waals surface area contributed by atoms with Gasteiger partial charge >= 0.3 is 5.97 Å². The minimum Gasteiger partial charge on any atom is -0.478 e. The molecule has 0 aliphatic carbocycles. The zero-order valence-corrected chi connectivity index (χ0v) is 11.2. The molecule has 0 radical (unpaired) electrons. The van der Waals surface area contributed by atoms with Gasteiger partial charge in [-0.1, -0.05) is 6.08 Å². The molecule has 0 aliphatic rings. The van der Waals surface area contributed by atoms with Crippen molar-refractivity contribution in [2.24, 2.45) is 0 Å². The first kappa shape index (κ1) is 14.3. The molecule has 0 amide bonds. The number of benzene rings is 1. The lowest BCUT2D eigenvalue weighted by molar-refractivity contribution is 0.0697. The lowest BCUT2D eigenvalue weighted by Gasteiger charge is -2.11. The van der Waals surface area contributed by atoms with Crippen molar-refractivity contribution >= 4 is 29.0 Å². The quantitative estimate of drug-likeness (QED) is 0.601. The van der Waals surface area contributed by atoms with Crippen molar-refractivity contribution in [2.45, 2.75) is 0 Å². The monoisotopic (exact) mass is 285 g/mol. The predicted octanol–water partition coefficient (Wildman–Crippen LogP) is 2.10. The smallest absolute Gasteiger partial charge is 0.335 e. The molecule has 1 aromatic heterocycles. The number of nitrogens with one attached hydrogen (secondary N) is 2. The van der Waals surface area contributed by atoms with E-state index in [1.54, 1.807) is 18.2 Å². The number of aromatic nitrogens is 2. The normalized spacial score (nSPS) is 9.90. The van der Waals surface area contributed by atoms with Crippen molar-refractivity contribution in [3.05, 3.63) is 48.8 Å². The molecule has 0 spiro atoms. The van der Waals surface area contributed by atoms with Gasteiger partial charge in [-0.05, 0) is 24.3 Å². The summed E-state index contributed by atoms with van der Waals surface area (Å²) in [5, 5.41) is 14.9. The third-order valence-electron chi connectivity index (χ3n) is 2.69. The molecule has 0 aliphatic heterocycles. The Labute approximate surface area is 121 Å². The van der Waals surface area contributed by atoms with Gasteiger partial charge in [-0.25, -0.2) is 14.8 Å². The fraction of sp³-hybridized carbons (Fsp3) is 0.0714. The van der Waals surface area contributed by atoms with Gasteiger partial charge in [0, 0.05) is 12.2 Å². The zero-order chi connectivity index (χ0) is 15.2. The highest BCUT2D eigenvalue weighted by atomic mass is 16.4. The summed E-state index contributed by atoms with van der Waals surface area (Å²) in [6.07, 6.45) is 3.08. The highest BCUT2D eigenvalue weighted by Gasteiger charge is 2.08. The van der Waals surface area contributed by atoms with Crippen LogP contribution in [0, 0.1) is 0 Å². The van der Waals surface area contributed by atoms with Crippen LogP contribution in [0.5, 0.6) is 0 Å². The second-order valence-electron chi connectivity index (χ2n) is 4.16. The summed E-state index contributed by atoms with van der Waals surface area (Å²) < 4.78 is 0. The number of nitrogens with zero attached hydrogens (tertiary/aromatic N) is 2. The molecule has 0 bridgehead atoms.